The quantitative estimate of drug-likeness (QED) is 0.669. The molecule has 0 aliphatic rings. The van der Waals surface area contributed by atoms with Gasteiger partial charge in [-0.2, -0.15) is 0 Å². The number of hydrogen-bond acceptors (Lipinski definition) is 5. The lowest BCUT2D eigenvalue weighted by Gasteiger charge is -2.08. The fourth-order valence-corrected chi connectivity index (χ4v) is 3.63. The number of primary amides is 1. The van der Waals surface area contributed by atoms with Crippen LogP contribution in [0.3, 0.4) is 0 Å². The summed E-state index contributed by atoms with van der Waals surface area (Å²) < 4.78 is 7.14. The van der Waals surface area contributed by atoms with E-state index in [2.05, 4.69) is 4.98 Å². The lowest BCUT2D eigenvalue weighted by atomic mass is 10.2. The van der Waals surface area contributed by atoms with Crippen molar-refractivity contribution in [1.29, 1.82) is 0 Å². The van der Waals surface area contributed by atoms with E-state index in [-0.39, 0.29) is 5.56 Å². The number of carbonyl (C=O) groups excluding carboxylic acids is 1. The molecule has 25 heavy (non-hydrogen) atoms. The van der Waals surface area contributed by atoms with Crippen molar-refractivity contribution in [2.45, 2.75) is 19.9 Å². The molecule has 6 nitrogen and oxygen atoms in total. The first-order valence-corrected chi connectivity index (χ1v) is 8.83. The summed E-state index contributed by atoms with van der Waals surface area (Å²) in [5, 5.41) is 1.11. The van der Waals surface area contributed by atoms with E-state index in [0.717, 1.165) is 17.1 Å². The molecule has 0 radical (unpaired) electrons. The number of hydrogen-bond donors (Lipinski definition) is 1. The van der Waals surface area contributed by atoms with Crippen molar-refractivity contribution < 1.29 is 9.53 Å². The molecule has 1 amide bonds. The Bertz CT molecular complexity index is 979. The second-order valence-electron chi connectivity index (χ2n) is 5.50. The minimum absolute atomic E-state index is 0.169. The Labute approximate surface area is 152 Å². The van der Waals surface area contributed by atoms with Crippen LogP contribution in [0, 0.1) is 6.92 Å². The number of nitrogens with two attached hydrogens (primary N) is 1. The van der Waals surface area contributed by atoms with Crippen LogP contribution in [0.25, 0.3) is 10.2 Å². The number of ether oxygens (including phenoxy) is 1. The highest BCUT2D eigenvalue weighted by Gasteiger charge is 2.17. The molecule has 130 valence electrons. The van der Waals surface area contributed by atoms with Crippen LogP contribution in [0.15, 0.2) is 35.4 Å². The van der Waals surface area contributed by atoms with Crippen molar-refractivity contribution in [2.75, 3.05) is 6.61 Å². The van der Waals surface area contributed by atoms with Crippen LogP contribution in [0.2, 0.25) is 5.02 Å². The van der Waals surface area contributed by atoms with Crippen molar-refractivity contribution in [3.05, 3.63) is 56.4 Å². The maximum Gasteiger partial charge on any atom is 0.262 e. The second kappa shape index (κ2) is 7.25. The number of benzene rings is 1. The predicted molar refractivity (Wildman–Crippen MR) is 98.7 cm³/mol. The number of nitrogens with zero attached hydrogens (tertiary/aromatic N) is 2. The molecule has 0 saturated heterocycles. The van der Waals surface area contributed by atoms with Crippen molar-refractivity contribution in [3.63, 3.8) is 0 Å². The Morgan fingerprint density at radius 3 is 2.76 bits per heavy atom. The van der Waals surface area contributed by atoms with Gasteiger partial charge < -0.3 is 10.5 Å². The van der Waals surface area contributed by atoms with E-state index >= 15 is 0 Å². The fraction of sp³-hybridized carbons (Fsp3) is 0.235. The minimum Gasteiger partial charge on any atom is -0.494 e. The average Bonchev–Trinajstić information content (AvgIpc) is 2.93. The van der Waals surface area contributed by atoms with Crippen LogP contribution >= 0.6 is 22.9 Å². The van der Waals surface area contributed by atoms with E-state index in [1.165, 1.54) is 10.9 Å². The standard InChI is InChI=1S/C17H16ClN3O3S/c1-10-13-16(25-14(10)15(19)22)20-9-21(17(13)23)7-2-8-24-12-5-3-11(18)4-6-12/h3-6,9H,2,7-8H2,1H3,(H2,19,22). The highest BCUT2D eigenvalue weighted by molar-refractivity contribution is 7.20. The monoisotopic (exact) mass is 377 g/mol. The van der Waals surface area contributed by atoms with E-state index in [1.54, 1.807) is 31.2 Å². The van der Waals surface area contributed by atoms with Gasteiger partial charge in [-0.15, -0.1) is 11.3 Å². The van der Waals surface area contributed by atoms with Gasteiger partial charge in [-0.05, 0) is 43.2 Å². The SMILES string of the molecule is Cc1c(C(N)=O)sc2ncn(CCCOc3ccc(Cl)cc3)c(=O)c12. The predicted octanol–water partition coefficient (Wildman–Crippen LogP) is 2.99. The summed E-state index contributed by atoms with van der Waals surface area (Å²) in [4.78, 5) is 29.2. The second-order valence-corrected chi connectivity index (χ2v) is 6.94. The number of amides is 1. The van der Waals surface area contributed by atoms with Crippen LogP contribution in [0.4, 0.5) is 0 Å². The van der Waals surface area contributed by atoms with E-state index in [0.29, 0.717) is 45.3 Å². The number of aryl methyl sites for hydroxylation is 2. The Hall–Kier alpha value is -2.38. The van der Waals surface area contributed by atoms with Crippen LogP contribution in [-0.4, -0.2) is 22.1 Å². The molecule has 0 spiro atoms. The average molecular weight is 378 g/mol. The van der Waals surface area contributed by atoms with E-state index in [9.17, 15) is 9.59 Å². The Morgan fingerprint density at radius 2 is 2.08 bits per heavy atom. The summed E-state index contributed by atoms with van der Waals surface area (Å²) in [5.41, 5.74) is 5.76. The Morgan fingerprint density at radius 1 is 1.36 bits per heavy atom. The molecule has 0 aliphatic heterocycles. The summed E-state index contributed by atoms with van der Waals surface area (Å²) >= 11 is 6.97. The van der Waals surface area contributed by atoms with Gasteiger partial charge in [0.15, 0.2) is 0 Å². The molecule has 0 fully saturated rings. The van der Waals surface area contributed by atoms with Gasteiger partial charge in [0, 0.05) is 11.6 Å². The van der Waals surface area contributed by atoms with Gasteiger partial charge in [0.25, 0.3) is 11.5 Å². The first-order chi connectivity index (χ1) is 12.0. The zero-order valence-electron chi connectivity index (χ0n) is 13.5. The molecule has 0 aliphatic carbocycles. The third-order valence-electron chi connectivity index (χ3n) is 3.77. The molecule has 3 rings (SSSR count). The summed E-state index contributed by atoms with van der Waals surface area (Å²) in [6, 6.07) is 7.11. The van der Waals surface area contributed by atoms with E-state index < -0.39 is 5.91 Å². The van der Waals surface area contributed by atoms with Crippen LogP contribution in [0.1, 0.15) is 21.7 Å². The minimum atomic E-state index is -0.539. The van der Waals surface area contributed by atoms with Crippen molar-refractivity contribution in [1.82, 2.24) is 9.55 Å². The summed E-state index contributed by atoms with van der Waals surface area (Å²) in [6.07, 6.45) is 2.13. The maximum absolute atomic E-state index is 12.6. The highest BCUT2D eigenvalue weighted by atomic mass is 35.5. The summed E-state index contributed by atoms with van der Waals surface area (Å²) in [7, 11) is 0. The van der Waals surface area contributed by atoms with Gasteiger partial charge in [0.2, 0.25) is 0 Å². The normalized spacial score (nSPS) is 11.0. The number of thiophene rings is 1. The molecule has 0 unspecified atom stereocenters. The molecular formula is C17H16ClN3O3S. The fourth-order valence-electron chi connectivity index (χ4n) is 2.51. The molecule has 3 aromatic rings. The number of aromatic nitrogens is 2. The molecule has 2 N–H and O–H groups in total. The van der Waals surface area contributed by atoms with Crippen molar-refractivity contribution >= 4 is 39.1 Å². The smallest absolute Gasteiger partial charge is 0.262 e. The van der Waals surface area contributed by atoms with E-state index in [4.69, 9.17) is 22.1 Å². The van der Waals surface area contributed by atoms with Crippen LogP contribution in [0.5, 0.6) is 5.75 Å². The zero-order chi connectivity index (χ0) is 18.0. The topological polar surface area (TPSA) is 87.2 Å². The van der Waals surface area contributed by atoms with Gasteiger partial charge in [-0.25, -0.2) is 4.98 Å². The van der Waals surface area contributed by atoms with Gasteiger partial charge in [-0.3, -0.25) is 14.2 Å². The lowest BCUT2D eigenvalue weighted by Crippen LogP contribution is -2.21. The number of fused-ring (bicyclic) bond motifs is 1. The largest absolute Gasteiger partial charge is 0.494 e. The van der Waals surface area contributed by atoms with E-state index in [1.807, 2.05) is 0 Å². The van der Waals surface area contributed by atoms with Gasteiger partial charge in [0.1, 0.15) is 10.6 Å². The number of halogens is 1. The molecule has 0 bridgehead atoms. The molecule has 1 aromatic carbocycles. The molecule has 0 saturated carbocycles. The summed E-state index contributed by atoms with van der Waals surface area (Å²) in [6.45, 7) is 2.65. The van der Waals surface area contributed by atoms with Crippen LogP contribution in [-0.2, 0) is 6.54 Å². The first-order valence-electron chi connectivity index (χ1n) is 7.64. The third kappa shape index (κ3) is 3.67. The third-order valence-corrected chi connectivity index (χ3v) is 5.23. The van der Waals surface area contributed by atoms with Crippen molar-refractivity contribution in [2.24, 2.45) is 5.73 Å². The van der Waals surface area contributed by atoms with Gasteiger partial charge in [0.05, 0.1) is 23.2 Å². The summed E-state index contributed by atoms with van der Waals surface area (Å²) in [5.74, 6) is 0.188. The molecule has 2 heterocycles. The highest BCUT2D eigenvalue weighted by Crippen LogP contribution is 2.26. The number of carbonyl (C=O) groups is 1. The van der Waals surface area contributed by atoms with Gasteiger partial charge >= 0.3 is 0 Å². The lowest BCUT2D eigenvalue weighted by molar-refractivity contribution is 0.100. The molecular weight excluding hydrogens is 362 g/mol. The first kappa shape index (κ1) is 17.4. The van der Waals surface area contributed by atoms with Crippen molar-refractivity contribution in [3.8, 4) is 5.75 Å². The molecule has 0 atom stereocenters. The maximum atomic E-state index is 12.6. The zero-order valence-corrected chi connectivity index (χ0v) is 15.1. The van der Waals surface area contributed by atoms with Gasteiger partial charge in [-0.1, -0.05) is 11.6 Å². The Balaban J connectivity index is 1.70. The number of rotatable bonds is 6. The molecule has 8 heteroatoms. The Kier molecular flexibility index (Phi) is 5.06. The van der Waals surface area contributed by atoms with Crippen LogP contribution < -0.4 is 16.0 Å². The molecule has 2 aromatic heterocycles.